The fourth-order valence-corrected chi connectivity index (χ4v) is 4.17. The number of ketones is 1. The number of aliphatic hydroxyl groups excluding tert-OH is 1. The highest BCUT2D eigenvalue weighted by Gasteiger charge is 2.46. The molecule has 1 N–H and O–H groups in total. The first kappa shape index (κ1) is 27.4. The van der Waals surface area contributed by atoms with E-state index in [0.717, 1.165) is 0 Å². The zero-order valence-corrected chi connectivity index (χ0v) is 21.9. The van der Waals surface area contributed by atoms with E-state index >= 15 is 0 Å². The number of hydrogen-bond donors (Lipinski definition) is 1. The van der Waals surface area contributed by atoms with Crippen LogP contribution in [0.5, 0.6) is 17.2 Å². The van der Waals surface area contributed by atoms with Crippen LogP contribution < -0.4 is 14.2 Å². The van der Waals surface area contributed by atoms with Crippen LogP contribution in [0.25, 0.3) is 5.76 Å². The van der Waals surface area contributed by atoms with Crippen molar-refractivity contribution in [2.24, 2.45) is 5.92 Å². The SMILES string of the molecule is CCOc1ccc(Cl)c(/C(O)=C2\C(=O)C(=O)N(CCOC)C2c2ccc(OC)c(OCC(C)C)c2)c1. The molecule has 0 bridgehead atoms. The van der Waals surface area contributed by atoms with E-state index in [4.69, 9.17) is 30.5 Å². The Morgan fingerprint density at radius 2 is 1.83 bits per heavy atom. The molecule has 0 spiro atoms. The summed E-state index contributed by atoms with van der Waals surface area (Å²) < 4.78 is 22.1. The highest BCUT2D eigenvalue weighted by Crippen LogP contribution is 2.43. The van der Waals surface area contributed by atoms with Crippen LogP contribution in [0.1, 0.15) is 37.9 Å². The van der Waals surface area contributed by atoms with E-state index in [-0.39, 0.29) is 41.0 Å². The third-order valence-corrected chi connectivity index (χ3v) is 5.99. The zero-order valence-electron chi connectivity index (χ0n) is 21.2. The van der Waals surface area contributed by atoms with Crippen molar-refractivity contribution in [1.29, 1.82) is 0 Å². The van der Waals surface area contributed by atoms with E-state index in [9.17, 15) is 14.7 Å². The number of Topliss-reactive ketones (excluding diaryl/α,β-unsaturated/α-hetero) is 1. The van der Waals surface area contributed by atoms with Gasteiger partial charge in [0.2, 0.25) is 0 Å². The van der Waals surface area contributed by atoms with Crippen molar-refractivity contribution in [3.05, 3.63) is 58.1 Å². The summed E-state index contributed by atoms with van der Waals surface area (Å²) in [5.74, 6) is -0.209. The van der Waals surface area contributed by atoms with Crippen LogP contribution in [-0.4, -0.2) is 62.3 Å². The van der Waals surface area contributed by atoms with Crippen LogP contribution in [0.15, 0.2) is 42.0 Å². The molecule has 1 amide bonds. The summed E-state index contributed by atoms with van der Waals surface area (Å²) in [6.07, 6.45) is 0. The minimum atomic E-state index is -0.890. The fourth-order valence-electron chi connectivity index (χ4n) is 3.97. The van der Waals surface area contributed by atoms with E-state index in [2.05, 4.69) is 0 Å². The number of rotatable bonds is 11. The Morgan fingerprint density at radius 1 is 1.08 bits per heavy atom. The Hall–Kier alpha value is -3.23. The second kappa shape index (κ2) is 12.1. The molecule has 2 aromatic carbocycles. The van der Waals surface area contributed by atoms with Crippen LogP contribution in [0, 0.1) is 5.92 Å². The molecule has 0 aromatic heterocycles. The van der Waals surface area contributed by atoms with Crippen molar-refractivity contribution in [1.82, 2.24) is 4.90 Å². The topological polar surface area (TPSA) is 94.5 Å². The summed E-state index contributed by atoms with van der Waals surface area (Å²) >= 11 is 6.39. The summed E-state index contributed by atoms with van der Waals surface area (Å²) in [5.41, 5.74) is 0.692. The third-order valence-electron chi connectivity index (χ3n) is 5.66. The van der Waals surface area contributed by atoms with Gasteiger partial charge < -0.3 is 29.0 Å². The van der Waals surface area contributed by atoms with E-state index < -0.39 is 17.7 Å². The van der Waals surface area contributed by atoms with Gasteiger partial charge in [0.1, 0.15) is 11.5 Å². The molecule has 1 unspecified atom stereocenters. The van der Waals surface area contributed by atoms with Crippen LogP contribution >= 0.6 is 11.6 Å². The molecule has 0 aliphatic carbocycles. The first-order valence-electron chi connectivity index (χ1n) is 11.7. The number of carbonyl (C=O) groups excluding carboxylic acids is 2. The molecule has 3 rings (SSSR count). The van der Waals surface area contributed by atoms with Gasteiger partial charge in [-0.25, -0.2) is 0 Å². The Kier molecular flexibility index (Phi) is 9.23. The van der Waals surface area contributed by atoms with Crippen LogP contribution in [-0.2, 0) is 14.3 Å². The smallest absolute Gasteiger partial charge is 0.295 e. The minimum absolute atomic E-state index is 0.0772. The number of hydrogen-bond acceptors (Lipinski definition) is 7. The normalized spacial score (nSPS) is 17.1. The van der Waals surface area contributed by atoms with Crippen LogP contribution in [0.4, 0.5) is 0 Å². The number of halogens is 1. The molecule has 1 aliphatic heterocycles. The predicted molar refractivity (Wildman–Crippen MR) is 137 cm³/mol. The number of nitrogens with zero attached hydrogens (tertiary/aromatic N) is 1. The second-order valence-electron chi connectivity index (χ2n) is 8.68. The number of methoxy groups -OCH3 is 2. The Bertz CT molecular complexity index is 1140. The lowest BCUT2D eigenvalue weighted by Gasteiger charge is -2.26. The summed E-state index contributed by atoms with van der Waals surface area (Å²) in [6.45, 7) is 7.09. The van der Waals surface area contributed by atoms with Gasteiger partial charge in [-0.2, -0.15) is 0 Å². The van der Waals surface area contributed by atoms with Crippen LogP contribution in [0.2, 0.25) is 5.02 Å². The van der Waals surface area contributed by atoms with Crippen molar-refractivity contribution >= 4 is 29.1 Å². The zero-order chi connectivity index (χ0) is 26.4. The van der Waals surface area contributed by atoms with Gasteiger partial charge >= 0.3 is 0 Å². The monoisotopic (exact) mass is 517 g/mol. The van der Waals surface area contributed by atoms with Gasteiger partial charge in [-0.1, -0.05) is 31.5 Å². The number of ether oxygens (including phenoxy) is 4. The molecule has 1 heterocycles. The molecule has 1 aliphatic rings. The van der Waals surface area contributed by atoms with Gasteiger partial charge in [0, 0.05) is 19.2 Å². The minimum Gasteiger partial charge on any atom is -0.507 e. The molecule has 194 valence electrons. The summed E-state index contributed by atoms with van der Waals surface area (Å²) in [4.78, 5) is 27.7. The van der Waals surface area contributed by atoms with Crippen molar-refractivity contribution in [2.45, 2.75) is 26.8 Å². The van der Waals surface area contributed by atoms with Gasteiger partial charge in [0.15, 0.2) is 11.5 Å². The highest BCUT2D eigenvalue weighted by atomic mass is 35.5. The third kappa shape index (κ3) is 5.77. The van der Waals surface area contributed by atoms with E-state index in [1.165, 1.54) is 19.1 Å². The average molecular weight is 518 g/mol. The predicted octanol–water partition coefficient (Wildman–Crippen LogP) is 4.85. The van der Waals surface area contributed by atoms with E-state index in [1.807, 2.05) is 20.8 Å². The molecule has 1 fully saturated rings. The number of carbonyl (C=O) groups is 2. The Morgan fingerprint density at radius 3 is 2.47 bits per heavy atom. The number of aliphatic hydroxyl groups is 1. The van der Waals surface area contributed by atoms with Gasteiger partial charge in [0.25, 0.3) is 11.7 Å². The highest BCUT2D eigenvalue weighted by molar-refractivity contribution is 6.47. The van der Waals surface area contributed by atoms with Crippen LogP contribution in [0.3, 0.4) is 0 Å². The number of benzene rings is 2. The molecule has 9 heteroatoms. The van der Waals surface area contributed by atoms with Gasteiger partial charge in [-0.05, 0) is 48.7 Å². The molecular weight excluding hydrogens is 486 g/mol. The second-order valence-corrected chi connectivity index (χ2v) is 9.08. The van der Waals surface area contributed by atoms with Crippen molar-refractivity contribution in [2.75, 3.05) is 40.6 Å². The molecule has 36 heavy (non-hydrogen) atoms. The maximum absolute atomic E-state index is 13.2. The first-order valence-corrected chi connectivity index (χ1v) is 12.1. The summed E-state index contributed by atoms with van der Waals surface area (Å²) in [7, 11) is 3.05. The molecule has 0 radical (unpaired) electrons. The summed E-state index contributed by atoms with van der Waals surface area (Å²) in [5, 5.41) is 11.6. The fraction of sp³-hybridized carbons (Fsp3) is 0.407. The van der Waals surface area contributed by atoms with Crippen molar-refractivity contribution in [3.8, 4) is 17.2 Å². The maximum Gasteiger partial charge on any atom is 0.295 e. The maximum atomic E-state index is 13.2. The standard InChI is InChI=1S/C27H32ClNO7/c1-6-35-18-8-9-20(28)19(14-18)25(30)23-24(29(11-12-33-4)27(32)26(23)31)17-7-10-21(34-5)22(13-17)36-15-16(2)3/h7-10,13-14,16,24,30H,6,11-12,15H2,1-5H3/b25-23+. The van der Waals surface area contributed by atoms with Gasteiger partial charge in [-0.15, -0.1) is 0 Å². The molecule has 2 aromatic rings. The van der Waals surface area contributed by atoms with Gasteiger partial charge in [-0.3, -0.25) is 9.59 Å². The quantitative estimate of drug-likeness (QED) is 0.258. The molecule has 0 saturated carbocycles. The van der Waals surface area contributed by atoms with Gasteiger partial charge in [0.05, 0.1) is 43.6 Å². The molecule has 8 nitrogen and oxygen atoms in total. The average Bonchev–Trinajstić information content (AvgIpc) is 3.11. The van der Waals surface area contributed by atoms with Crippen molar-refractivity contribution < 1.29 is 33.6 Å². The lowest BCUT2D eigenvalue weighted by Crippen LogP contribution is -2.32. The molecule has 1 atom stereocenters. The Labute approximate surface area is 216 Å². The number of amides is 1. The van der Waals surface area contributed by atoms with E-state index in [1.54, 1.807) is 36.4 Å². The van der Waals surface area contributed by atoms with Crippen molar-refractivity contribution in [3.63, 3.8) is 0 Å². The molecular formula is C27H32ClNO7. The number of likely N-dealkylation sites (tertiary alicyclic amines) is 1. The molecule has 1 saturated heterocycles. The first-order chi connectivity index (χ1) is 17.2. The summed E-state index contributed by atoms with van der Waals surface area (Å²) in [6, 6.07) is 9.07. The Balaban J connectivity index is 2.20. The lowest BCUT2D eigenvalue weighted by molar-refractivity contribution is -0.140. The lowest BCUT2D eigenvalue weighted by atomic mass is 9.95. The van der Waals surface area contributed by atoms with E-state index in [0.29, 0.717) is 36.0 Å². The largest absolute Gasteiger partial charge is 0.507 e.